The number of hydrogen-bond donors (Lipinski definition) is 5. The fourth-order valence-corrected chi connectivity index (χ4v) is 3.10. The third-order valence-corrected chi connectivity index (χ3v) is 4.77. The molecule has 2 heterocycles. The Morgan fingerprint density at radius 2 is 2.30 bits per heavy atom. The molecule has 0 saturated carbocycles. The molecule has 0 spiro atoms. The molecule has 7 heteroatoms. The monoisotopic (exact) mass is 402 g/mol. The summed E-state index contributed by atoms with van der Waals surface area (Å²) in [6, 6.07) is 6.14. The second kappa shape index (κ2) is 9.63. The molecular weight excluding hydrogens is 376 g/mol. The summed E-state index contributed by atoms with van der Waals surface area (Å²) < 4.78 is 5.75. The van der Waals surface area contributed by atoms with Gasteiger partial charge in [-0.1, -0.05) is 49.3 Å². The number of amidine groups is 1. The predicted octanol–water partition coefficient (Wildman–Crippen LogP) is 2.99. The average molecular weight is 403 g/mol. The number of fused-ring (bicyclic) bond motifs is 1. The molecule has 0 bridgehead atoms. The third kappa shape index (κ3) is 4.80. The molecule has 2 aliphatic rings. The Morgan fingerprint density at radius 3 is 3.10 bits per heavy atom. The fraction of sp³-hybridized carbons (Fsp3) is 0.217. The van der Waals surface area contributed by atoms with Gasteiger partial charge in [0, 0.05) is 29.9 Å². The van der Waals surface area contributed by atoms with E-state index in [2.05, 4.69) is 51.4 Å². The van der Waals surface area contributed by atoms with E-state index in [0.29, 0.717) is 0 Å². The molecule has 0 amide bonds. The lowest BCUT2D eigenvalue weighted by Crippen LogP contribution is -2.31. The van der Waals surface area contributed by atoms with Crippen molar-refractivity contribution in [1.29, 1.82) is 5.41 Å². The molecule has 2 aliphatic heterocycles. The molecule has 0 aliphatic carbocycles. The first-order valence-electron chi connectivity index (χ1n) is 9.65. The molecular formula is C23H26N6O. The summed E-state index contributed by atoms with van der Waals surface area (Å²) in [4.78, 5) is 4.26. The number of benzene rings is 1. The largest absolute Gasteiger partial charge is 0.452 e. The Morgan fingerprint density at radius 1 is 1.47 bits per heavy atom. The number of nitrogens with zero attached hydrogens (tertiary/aromatic N) is 1. The number of hydrazine groups is 1. The van der Waals surface area contributed by atoms with Crippen LogP contribution in [0.2, 0.25) is 0 Å². The standard InChI is InChI=1S/C23H26N6O/c1-4-5-6-9-15(2)22-28-29-23(30-22)20(24)21(25)27-14-16(3)17-10-7-12-19-18(17)11-8-13-26-19/h1,5-12,14,16,22,25-26,28-29H,13,24H2,2-3H3/b6-5-,15-9+,23-20?,25-21?,27-14?. The molecule has 0 radical (unpaired) electrons. The summed E-state index contributed by atoms with van der Waals surface area (Å²) in [5.41, 5.74) is 16.3. The zero-order chi connectivity index (χ0) is 21.5. The van der Waals surface area contributed by atoms with Gasteiger partial charge >= 0.3 is 0 Å². The van der Waals surface area contributed by atoms with Crippen molar-refractivity contribution in [3.63, 3.8) is 0 Å². The van der Waals surface area contributed by atoms with Gasteiger partial charge in [0.25, 0.3) is 0 Å². The van der Waals surface area contributed by atoms with Crippen LogP contribution in [0.4, 0.5) is 5.69 Å². The molecule has 6 N–H and O–H groups in total. The van der Waals surface area contributed by atoms with Crippen molar-refractivity contribution >= 4 is 23.8 Å². The number of allylic oxidation sites excluding steroid dienone is 3. The Kier molecular flexibility index (Phi) is 6.73. The first kappa shape index (κ1) is 21.0. The van der Waals surface area contributed by atoms with Gasteiger partial charge < -0.3 is 15.8 Å². The van der Waals surface area contributed by atoms with E-state index in [1.54, 1.807) is 18.4 Å². The summed E-state index contributed by atoms with van der Waals surface area (Å²) in [6.07, 6.45) is 15.9. The predicted molar refractivity (Wildman–Crippen MR) is 123 cm³/mol. The number of nitrogens with two attached hydrogens (primary N) is 1. The van der Waals surface area contributed by atoms with E-state index in [0.717, 1.165) is 28.9 Å². The van der Waals surface area contributed by atoms with Crippen LogP contribution in [-0.4, -0.2) is 24.8 Å². The van der Waals surface area contributed by atoms with Gasteiger partial charge in [0.2, 0.25) is 5.88 Å². The average Bonchev–Trinajstić information content (AvgIpc) is 3.26. The SMILES string of the molecule is C#C/C=C\C=C(/C)C1NNC(=C(N)C(=N)N=CC(C)c2cccc3c2C=CCN3)O1. The van der Waals surface area contributed by atoms with Crippen LogP contribution in [0.25, 0.3) is 6.08 Å². The van der Waals surface area contributed by atoms with Crippen molar-refractivity contribution in [2.45, 2.75) is 26.0 Å². The first-order valence-corrected chi connectivity index (χ1v) is 9.65. The normalized spacial score (nSPS) is 20.8. The van der Waals surface area contributed by atoms with Gasteiger partial charge in [0.15, 0.2) is 12.1 Å². The summed E-state index contributed by atoms with van der Waals surface area (Å²) in [6.45, 7) is 4.76. The van der Waals surface area contributed by atoms with Crippen LogP contribution in [0.5, 0.6) is 0 Å². The Labute approximate surface area is 177 Å². The number of rotatable bonds is 5. The van der Waals surface area contributed by atoms with Gasteiger partial charge in [-0.15, -0.1) is 6.42 Å². The van der Waals surface area contributed by atoms with Crippen LogP contribution in [0.1, 0.15) is 30.9 Å². The van der Waals surface area contributed by atoms with Gasteiger partial charge in [0.1, 0.15) is 5.70 Å². The molecule has 154 valence electrons. The van der Waals surface area contributed by atoms with Crippen molar-refractivity contribution < 1.29 is 4.74 Å². The Bertz CT molecular complexity index is 1010. The number of anilines is 1. The van der Waals surface area contributed by atoms with E-state index >= 15 is 0 Å². The maximum atomic E-state index is 8.21. The van der Waals surface area contributed by atoms with E-state index < -0.39 is 6.23 Å². The van der Waals surface area contributed by atoms with Crippen molar-refractivity contribution in [2.75, 3.05) is 11.9 Å². The summed E-state index contributed by atoms with van der Waals surface area (Å²) in [7, 11) is 0. The zero-order valence-electron chi connectivity index (χ0n) is 17.1. The topological polar surface area (TPSA) is 108 Å². The van der Waals surface area contributed by atoms with Gasteiger partial charge in [-0.05, 0) is 30.2 Å². The fourth-order valence-electron chi connectivity index (χ4n) is 3.10. The summed E-state index contributed by atoms with van der Waals surface area (Å²) in [5.74, 6) is 2.64. The highest BCUT2D eigenvalue weighted by molar-refractivity contribution is 6.00. The molecule has 7 nitrogen and oxygen atoms in total. The molecule has 1 aromatic carbocycles. The molecule has 1 fully saturated rings. The van der Waals surface area contributed by atoms with Gasteiger partial charge in [0.05, 0.1) is 0 Å². The van der Waals surface area contributed by atoms with Crippen molar-refractivity contribution in [1.82, 2.24) is 10.9 Å². The highest BCUT2D eigenvalue weighted by atomic mass is 16.5. The van der Waals surface area contributed by atoms with E-state index in [9.17, 15) is 0 Å². The quantitative estimate of drug-likeness (QED) is 0.225. The van der Waals surface area contributed by atoms with E-state index in [1.807, 2.05) is 26.0 Å². The van der Waals surface area contributed by atoms with E-state index in [4.69, 9.17) is 22.3 Å². The van der Waals surface area contributed by atoms with Crippen LogP contribution < -0.4 is 21.9 Å². The Hall–Kier alpha value is -3.76. The lowest BCUT2D eigenvalue weighted by molar-refractivity contribution is 0.176. The lowest BCUT2D eigenvalue weighted by Gasteiger charge is -2.18. The smallest absolute Gasteiger partial charge is 0.231 e. The minimum atomic E-state index is -0.410. The molecule has 2 unspecified atom stereocenters. The van der Waals surface area contributed by atoms with Crippen LogP contribution in [-0.2, 0) is 4.74 Å². The maximum Gasteiger partial charge on any atom is 0.231 e. The minimum Gasteiger partial charge on any atom is -0.452 e. The van der Waals surface area contributed by atoms with Crippen LogP contribution >= 0.6 is 0 Å². The third-order valence-electron chi connectivity index (χ3n) is 4.77. The van der Waals surface area contributed by atoms with Crippen LogP contribution in [0.3, 0.4) is 0 Å². The van der Waals surface area contributed by atoms with Crippen molar-refractivity contribution in [2.24, 2.45) is 10.7 Å². The zero-order valence-corrected chi connectivity index (χ0v) is 17.1. The minimum absolute atomic E-state index is 0.0131. The van der Waals surface area contributed by atoms with E-state index in [-0.39, 0.29) is 23.3 Å². The second-order valence-electron chi connectivity index (χ2n) is 6.95. The first-order chi connectivity index (χ1) is 14.5. The maximum absolute atomic E-state index is 8.21. The van der Waals surface area contributed by atoms with Crippen molar-refractivity contribution in [3.8, 4) is 12.3 Å². The number of ether oxygens (including phenoxy) is 1. The molecule has 1 aromatic rings. The summed E-state index contributed by atoms with van der Waals surface area (Å²) >= 11 is 0. The van der Waals surface area contributed by atoms with Crippen LogP contribution in [0, 0.1) is 17.8 Å². The number of aliphatic imine (C=N–C) groups is 1. The molecule has 1 saturated heterocycles. The number of hydrogen-bond acceptors (Lipinski definition) is 6. The number of terminal acetylenes is 1. The molecule has 2 atom stereocenters. The molecule has 3 rings (SSSR count). The summed E-state index contributed by atoms with van der Waals surface area (Å²) in [5, 5.41) is 11.6. The second-order valence-corrected chi connectivity index (χ2v) is 6.95. The van der Waals surface area contributed by atoms with Gasteiger partial charge in [-0.3, -0.25) is 10.8 Å². The lowest BCUT2D eigenvalue weighted by atomic mass is 9.94. The van der Waals surface area contributed by atoms with Crippen LogP contribution in [0.15, 0.2) is 64.6 Å². The van der Waals surface area contributed by atoms with E-state index in [1.165, 1.54) is 0 Å². The Balaban J connectivity index is 1.68. The van der Waals surface area contributed by atoms with Gasteiger partial charge in [-0.25, -0.2) is 4.99 Å². The molecule has 30 heavy (non-hydrogen) atoms. The highest BCUT2D eigenvalue weighted by Crippen LogP contribution is 2.29. The molecule has 0 aromatic heterocycles. The van der Waals surface area contributed by atoms with Gasteiger partial charge in [-0.2, -0.15) is 5.43 Å². The number of nitrogens with one attached hydrogen (secondary N) is 4. The highest BCUT2D eigenvalue weighted by Gasteiger charge is 2.24. The van der Waals surface area contributed by atoms with Crippen molar-refractivity contribution in [3.05, 3.63) is 70.8 Å².